The van der Waals surface area contributed by atoms with Crippen LogP contribution in [0.15, 0.2) is 248 Å². The Morgan fingerprint density at radius 3 is 1.38 bits per heavy atom. The average Bonchev–Trinajstić information content (AvgIpc) is 2.44. The monoisotopic (exact) mass is 1050 g/mol. The summed E-state index contributed by atoms with van der Waals surface area (Å²) in [7, 11) is 0. The van der Waals surface area contributed by atoms with Crippen LogP contribution in [0, 0.1) is 69.2 Å². The van der Waals surface area contributed by atoms with E-state index in [1.54, 1.807) is 0 Å². The van der Waals surface area contributed by atoms with Crippen molar-refractivity contribution in [2.75, 3.05) is 14.7 Å². The van der Waals surface area contributed by atoms with Gasteiger partial charge >= 0.3 is 0 Å². The van der Waals surface area contributed by atoms with Crippen LogP contribution in [0.5, 0.6) is 0 Å². The SMILES string of the molecule is C=C(/C=C\C(=C/C)N(c1ccc(-c2ccccc2)cc1)c1c(C)c(C)cc(C)c1C)C1(c2ccc(N(c3ccc(-c4ccccc4)cc3)c3c(C)c(C)cc(C)c3C)cc2)c2ccccc2N(c2ccc(C)cc2)c2ccc(C)cc21. The molecule has 0 radical (unpaired) electrons. The zero-order valence-electron chi connectivity index (χ0n) is 49.0. The molecule has 0 saturated carbocycles. The molecule has 10 aromatic carbocycles. The van der Waals surface area contributed by atoms with E-state index in [4.69, 9.17) is 6.58 Å². The average molecular weight is 1050 g/mol. The van der Waals surface area contributed by atoms with E-state index in [9.17, 15) is 0 Å². The van der Waals surface area contributed by atoms with Crippen molar-refractivity contribution in [1.82, 2.24) is 0 Å². The van der Waals surface area contributed by atoms with Crippen molar-refractivity contribution in [3.05, 3.63) is 321 Å². The first-order chi connectivity index (χ1) is 39.2. The number of anilines is 8. The zero-order valence-corrected chi connectivity index (χ0v) is 49.0. The Bertz CT molecular complexity index is 3980. The van der Waals surface area contributed by atoms with Crippen molar-refractivity contribution in [2.24, 2.45) is 0 Å². The van der Waals surface area contributed by atoms with Gasteiger partial charge in [-0.15, -0.1) is 0 Å². The smallest absolute Gasteiger partial charge is 0.0736 e. The highest BCUT2D eigenvalue weighted by atomic mass is 15.2. The largest absolute Gasteiger partial charge is 0.310 e. The second-order valence-electron chi connectivity index (χ2n) is 22.3. The number of rotatable bonds is 13. The second kappa shape index (κ2) is 22.2. The number of nitrogens with zero attached hydrogens (tertiary/aromatic N) is 3. The summed E-state index contributed by atoms with van der Waals surface area (Å²) < 4.78 is 0. The molecule has 0 N–H and O–H groups in total. The number of para-hydroxylation sites is 1. The third-order valence-corrected chi connectivity index (χ3v) is 17.3. The molecule has 3 nitrogen and oxygen atoms in total. The Morgan fingerprint density at radius 1 is 0.407 bits per heavy atom. The first-order valence-corrected chi connectivity index (χ1v) is 28.5. The van der Waals surface area contributed by atoms with E-state index in [1.807, 2.05) is 0 Å². The summed E-state index contributed by atoms with van der Waals surface area (Å²) in [5, 5.41) is 0. The van der Waals surface area contributed by atoms with Gasteiger partial charge in [0.05, 0.1) is 28.2 Å². The van der Waals surface area contributed by atoms with E-state index >= 15 is 0 Å². The quantitative estimate of drug-likeness (QED) is 0.107. The fourth-order valence-electron chi connectivity index (χ4n) is 12.4. The lowest BCUT2D eigenvalue weighted by Gasteiger charge is -2.47. The fraction of sp³-hybridized carbons (Fsp3) is 0.154. The molecular formula is C78H73N3. The maximum Gasteiger partial charge on any atom is 0.0736 e. The van der Waals surface area contributed by atoms with Gasteiger partial charge in [0.15, 0.2) is 0 Å². The van der Waals surface area contributed by atoms with Crippen LogP contribution in [0.4, 0.5) is 45.5 Å². The maximum atomic E-state index is 5.25. The van der Waals surface area contributed by atoms with Crippen LogP contribution in [-0.4, -0.2) is 0 Å². The van der Waals surface area contributed by atoms with Crippen molar-refractivity contribution in [3.63, 3.8) is 0 Å². The van der Waals surface area contributed by atoms with Crippen molar-refractivity contribution in [3.8, 4) is 22.3 Å². The van der Waals surface area contributed by atoms with Crippen LogP contribution in [0.1, 0.15) is 79.2 Å². The molecule has 1 unspecified atom stereocenters. The minimum atomic E-state index is -0.838. The molecule has 1 aliphatic heterocycles. The molecule has 0 amide bonds. The molecule has 1 heterocycles. The van der Waals surface area contributed by atoms with Gasteiger partial charge in [-0.05, 0) is 232 Å². The highest BCUT2D eigenvalue weighted by Crippen LogP contribution is 2.58. The normalized spacial score (nSPS) is 14.0. The number of allylic oxidation sites excluding steroid dienone is 4. The number of hydrogen-bond acceptors (Lipinski definition) is 3. The molecule has 0 aromatic heterocycles. The van der Waals surface area contributed by atoms with E-state index in [0.717, 1.165) is 56.5 Å². The number of hydrogen-bond donors (Lipinski definition) is 0. The highest BCUT2D eigenvalue weighted by molar-refractivity contribution is 5.91. The Balaban J connectivity index is 1.12. The van der Waals surface area contributed by atoms with Gasteiger partial charge in [-0.2, -0.15) is 0 Å². The molecule has 400 valence electrons. The van der Waals surface area contributed by atoms with Gasteiger partial charge in [-0.1, -0.05) is 182 Å². The maximum absolute atomic E-state index is 5.25. The fourth-order valence-corrected chi connectivity index (χ4v) is 12.4. The first-order valence-electron chi connectivity index (χ1n) is 28.5. The lowest BCUT2D eigenvalue weighted by atomic mass is 9.62. The number of fused-ring (bicyclic) bond motifs is 2. The molecular weight excluding hydrogens is 979 g/mol. The van der Waals surface area contributed by atoms with Crippen LogP contribution in [0.25, 0.3) is 22.3 Å². The molecule has 0 fully saturated rings. The first kappa shape index (κ1) is 53.8. The minimum Gasteiger partial charge on any atom is -0.310 e. The van der Waals surface area contributed by atoms with E-state index < -0.39 is 5.41 Å². The van der Waals surface area contributed by atoms with Crippen LogP contribution in [0.3, 0.4) is 0 Å². The standard InChI is InChI=1S/C78H73N3/c1-13-67(79(76-58(9)53(4)49-54(5)59(76)10)68-41-32-64(33-42-68)62-22-16-14-17-23-62)40-31-57(8)78(72-26-20-21-27-74(72)81(71-38-28-51(2)29-39-71)75-47-30-52(3)48-73(75)78)66-36-45-70(46-37-66)80(77-60(11)55(6)50-56(7)61(77)12)69-43-34-65(35-44-69)63-24-18-15-19-25-63/h13-50H,8H2,1-7,9-12H3/b40-31-,67-13+. The number of benzene rings is 10. The molecule has 0 bridgehead atoms. The van der Waals surface area contributed by atoms with Gasteiger partial charge < -0.3 is 14.7 Å². The lowest BCUT2D eigenvalue weighted by molar-refractivity contribution is 0.731. The Hall–Kier alpha value is -9.18. The Morgan fingerprint density at radius 2 is 0.852 bits per heavy atom. The van der Waals surface area contributed by atoms with Crippen molar-refractivity contribution in [1.29, 1.82) is 0 Å². The van der Waals surface area contributed by atoms with Crippen LogP contribution in [0.2, 0.25) is 0 Å². The Kier molecular flexibility index (Phi) is 14.7. The van der Waals surface area contributed by atoms with Crippen LogP contribution < -0.4 is 14.7 Å². The summed E-state index contributed by atoms with van der Waals surface area (Å²) in [5.41, 5.74) is 30.9. The van der Waals surface area contributed by atoms with Crippen molar-refractivity contribution >= 4 is 45.5 Å². The molecule has 1 aliphatic rings. The highest BCUT2D eigenvalue weighted by Gasteiger charge is 2.47. The summed E-state index contributed by atoms with van der Waals surface area (Å²) in [6.07, 6.45) is 6.85. The van der Waals surface area contributed by atoms with Crippen LogP contribution in [-0.2, 0) is 5.41 Å². The number of aryl methyl sites for hydroxylation is 6. The molecule has 81 heavy (non-hydrogen) atoms. The van der Waals surface area contributed by atoms with E-state index in [2.05, 4.69) is 321 Å². The third-order valence-electron chi connectivity index (χ3n) is 17.3. The molecule has 10 aromatic rings. The molecule has 3 heteroatoms. The van der Waals surface area contributed by atoms with Gasteiger partial charge in [0, 0.05) is 28.4 Å². The molecule has 1 atom stereocenters. The summed E-state index contributed by atoms with van der Waals surface area (Å²) >= 11 is 0. The molecule has 11 rings (SSSR count). The topological polar surface area (TPSA) is 9.72 Å². The Labute approximate surface area is 482 Å². The van der Waals surface area contributed by atoms with Gasteiger partial charge in [-0.3, -0.25) is 0 Å². The van der Waals surface area contributed by atoms with E-state index in [-0.39, 0.29) is 0 Å². The summed E-state index contributed by atoms with van der Waals surface area (Å²) in [6, 6.07) is 78.3. The van der Waals surface area contributed by atoms with Gasteiger partial charge in [-0.25, -0.2) is 0 Å². The third kappa shape index (κ3) is 9.71. The van der Waals surface area contributed by atoms with Crippen LogP contribution >= 0.6 is 0 Å². The summed E-state index contributed by atoms with van der Waals surface area (Å²) in [6.45, 7) is 29.8. The van der Waals surface area contributed by atoms with Gasteiger partial charge in [0.2, 0.25) is 0 Å². The predicted octanol–water partition coefficient (Wildman–Crippen LogP) is 21.5. The molecule has 0 spiro atoms. The lowest BCUT2D eigenvalue weighted by Crippen LogP contribution is -2.38. The second-order valence-corrected chi connectivity index (χ2v) is 22.3. The van der Waals surface area contributed by atoms with E-state index in [0.29, 0.717) is 0 Å². The molecule has 0 aliphatic carbocycles. The van der Waals surface area contributed by atoms with Gasteiger partial charge in [0.25, 0.3) is 0 Å². The predicted molar refractivity (Wildman–Crippen MR) is 347 cm³/mol. The minimum absolute atomic E-state index is 0.838. The zero-order chi connectivity index (χ0) is 56.7. The van der Waals surface area contributed by atoms with Crippen molar-refractivity contribution < 1.29 is 0 Å². The van der Waals surface area contributed by atoms with E-state index in [1.165, 1.54) is 94.8 Å². The molecule has 0 saturated heterocycles. The van der Waals surface area contributed by atoms with Gasteiger partial charge in [0.1, 0.15) is 0 Å². The summed E-state index contributed by atoms with van der Waals surface area (Å²) in [5.74, 6) is 0. The summed E-state index contributed by atoms with van der Waals surface area (Å²) in [4.78, 5) is 7.37. The van der Waals surface area contributed by atoms with Crippen molar-refractivity contribution in [2.45, 2.75) is 81.6 Å².